The first kappa shape index (κ1) is 35.3. The van der Waals surface area contributed by atoms with Gasteiger partial charge in [0.2, 0.25) is 0 Å². The van der Waals surface area contributed by atoms with Gasteiger partial charge in [-0.2, -0.15) is 0 Å². The summed E-state index contributed by atoms with van der Waals surface area (Å²) in [6.07, 6.45) is 11.0. The molecule has 0 aliphatic heterocycles. The monoisotopic (exact) mass is 632 g/mol. The maximum atomic E-state index is 14.6. The summed E-state index contributed by atoms with van der Waals surface area (Å²) in [6, 6.07) is 17.8. The van der Waals surface area contributed by atoms with Crippen molar-refractivity contribution in [3.05, 3.63) is 130 Å². The van der Waals surface area contributed by atoms with Crippen molar-refractivity contribution in [2.24, 2.45) is 11.8 Å². The Labute approximate surface area is 280 Å². The average Bonchev–Trinajstić information content (AvgIpc) is 3.11. The maximum Gasteiger partial charge on any atom is 0.330 e. The molecule has 1 saturated carbocycles. The Bertz CT molecular complexity index is 1610. The minimum Gasteiger partial charge on any atom is -0.476 e. The Morgan fingerprint density at radius 3 is 2.11 bits per heavy atom. The summed E-state index contributed by atoms with van der Waals surface area (Å²) in [6.45, 7) is 11.8. The minimum atomic E-state index is -0.357. The fourth-order valence-electron chi connectivity index (χ4n) is 5.90. The summed E-state index contributed by atoms with van der Waals surface area (Å²) >= 11 is 0. The largest absolute Gasteiger partial charge is 0.476 e. The third-order valence-corrected chi connectivity index (χ3v) is 8.72. The molecule has 1 fully saturated rings. The number of carbonyl (C=O) groups is 1. The molecular formula is C42H45FO4. The van der Waals surface area contributed by atoms with Crippen molar-refractivity contribution in [2.75, 3.05) is 13.4 Å². The fraction of sp³-hybridized carbons (Fsp3) is 0.357. The van der Waals surface area contributed by atoms with E-state index in [-0.39, 0.29) is 25.2 Å². The number of esters is 1. The number of ether oxygens (including phenoxy) is 3. The zero-order valence-electron chi connectivity index (χ0n) is 27.7. The molecule has 0 amide bonds. The molecule has 4 rings (SSSR count). The van der Waals surface area contributed by atoms with Crippen molar-refractivity contribution in [3.63, 3.8) is 0 Å². The smallest absolute Gasteiger partial charge is 0.330 e. The third kappa shape index (κ3) is 11.0. The molecule has 0 N–H and O–H groups in total. The van der Waals surface area contributed by atoms with Gasteiger partial charge in [-0.1, -0.05) is 81.7 Å². The minimum absolute atomic E-state index is 0.0273. The summed E-state index contributed by atoms with van der Waals surface area (Å²) in [5.41, 5.74) is 7.62. The molecule has 5 heteroatoms. The molecule has 0 atom stereocenters. The standard InChI is InChI=1S/C42H45FO4/c1-5-37-25-36(26-38(6-2)40(37)24-22-34-21-23-39(41(43)27-34)29-46-30-45-8-4)20-17-32-12-9-31(10-13-32)11-14-33-15-18-35(19-16-33)28-47-42(44)7-3/h7-10,12-13,21,23,25-27,33,35H,3-6,11,14-16,18-19,28-30H2,1-2H3. The highest BCUT2D eigenvalue weighted by molar-refractivity contribution is 5.81. The zero-order valence-corrected chi connectivity index (χ0v) is 27.7. The number of benzene rings is 3. The molecular weight excluding hydrogens is 587 g/mol. The Kier molecular flexibility index (Phi) is 13.9. The zero-order chi connectivity index (χ0) is 33.4. The van der Waals surface area contributed by atoms with E-state index < -0.39 is 0 Å². The van der Waals surface area contributed by atoms with Gasteiger partial charge in [0, 0.05) is 33.9 Å². The van der Waals surface area contributed by atoms with Crippen LogP contribution in [0.4, 0.5) is 4.39 Å². The number of aryl methyl sites for hydroxylation is 3. The van der Waals surface area contributed by atoms with Crippen LogP contribution in [0.25, 0.3) is 0 Å². The summed E-state index contributed by atoms with van der Waals surface area (Å²) in [7, 11) is 0. The number of carbonyl (C=O) groups excluding carboxylic acids is 1. The van der Waals surface area contributed by atoms with E-state index >= 15 is 0 Å². The molecule has 4 nitrogen and oxygen atoms in total. The second-order valence-corrected chi connectivity index (χ2v) is 11.9. The highest BCUT2D eigenvalue weighted by atomic mass is 19.1. The third-order valence-electron chi connectivity index (χ3n) is 8.72. The Morgan fingerprint density at radius 2 is 1.47 bits per heavy atom. The molecule has 3 aromatic rings. The van der Waals surface area contributed by atoms with Gasteiger partial charge in [-0.05, 0) is 103 Å². The quantitative estimate of drug-likeness (QED) is 0.0472. The lowest BCUT2D eigenvalue weighted by Crippen LogP contribution is -2.20. The molecule has 0 saturated heterocycles. The highest BCUT2D eigenvalue weighted by Gasteiger charge is 2.22. The van der Waals surface area contributed by atoms with E-state index in [0.29, 0.717) is 23.7 Å². The summed E-state index contributed by atoms with van der Waals surface area (Å²) in [5.74, 6) is 13.7. The van der Waals surface area contributed by atoms with E-state index in [4.69, 9.17) is 14.2 Å². The lowest BCUT2D eigenvalue weighted by molar-refractivity contribution is -0.139. The molecule has 3 aromatic carbocycles. The second kappa shape index (κ2) is 18.5. The molecule has 47 heavy (non-hydrogen) atoms. The predicted octanol–water partition coefficient (Wildman–Crippen LogP) is 8.85. The summed E-state index contributed by atoms with van der Waals surface area (Å²) in [5, 5.41) is 0. The van der Waals surface area contributed by atoms with E-state index in [1.165, 1.54) is 43.2 Å². The average molecular weight is 633 g/mol. The summed E-state index contributed by atoms with van der Waals surface area (Å²) < 4.78 is 30.1. The van der Waals surface area contributed by atoms with Crippen LogP contribution < -0.4 is 0 Å². The van der Waals surface area contributed by atoms with Gasteiger partial charge in [0.05, 0.1) is 19.5 Å². The van der Waals surface area contributed by atoms with Crippen molar-refractivity contribution in [3.8, 4) is 23.7 Å². The Hall–Kier alpha value is -4.58. The van der Waals surface area contributed by atoms with Gasteiger partial charge in [0.15, 0.2) is 6.79 Å². The van der Waals surface area contributed by atoms with Crippen molar-refractivity contribution in [1.29, 1.82) is 0 Å². The first-order valence-electron chi connectivity index (χ1n) is 16.6. The number of hydrogen-bond acceptors (Lipinski definition) is 4. The summed E-state index contributed by atoms with van der Waals surface area (Å²) in [4.78, 5) is 11.3. The predicted molar refractivity (Wildman–Crippen MR) is 186 cm³/mol. The number of hydrogen-bond donors (Lipinski definition) is 0. The highest BCUT2D eigenvalue weighted by Crippen LogP contribution is 2.32. The first-order valence-corrected chi connectivity index (χ1v) is 16.6. The second-order valence-electron chi connectivity index (χ2n) is 11.9. The molecule has 1 aliphatic carbocycles. The van der Waals surface area contributed by atoms with Crippen molar-refractivity contribution in [2.45, 2.75) is 71.8 Å². The number of rotatable bonds is 13. The maximum absolute atomic E-state index is 14.6. The first-order chi connectivity index (χ1) is 22.9. The van der Waals surface area contributed by atoms with Crippen molar-refractivity contribution >= 4 is 5.97 Å². The van der Waals surface area contributed by atoms with Gasteiger partial charge in [-0.15, -0.1) is 0 Å². The van der Waals surface area contributed by atoms with Crippen molar-refractivity contribution in [1.82, 2.24) is 0 Å². The molecule has 0 aromatic heterocycles. The van der Waals surface area contributed by atoms with Crippen LogP contribution in [0.3, 0.4) is 0 Å². The van der Waals surface area contributed by atoms with Crippen LogP contribution >= 0.6 is 0 Å². The lowest BCUT2D eigenvalue weighted by Gasteiger charge is -2.28. The Balaban J connectivity index is 1.35. The Morgan fingerprint density at radius 1 is 0.830 bits per heavy atom. The normalized spacial score (nSPS) is 15.4. The van der Waals surface area contributed by atoms with Gasteiger partial charge in [0.1, 0.15) is 5.82 Å². The molecule has 0 radical (unpaired) electrons. The van der Waals surface area contributed by atoms with E-state index in [0.717, 1.165) is 65.8 Å². The van der Waals surface area contributed by atoms with Crippen LogP contribution in [0, 0.1) is 41.3 Å². The van der Waals surface area contributed by atoms with Gasteiger partial charge < -0.3 is 14.2 Å². The van der Waals surface area contributed by atoms with Crippen LogP contribution in [0.1, 0.15) is 90.5 Å². The molecule has 0 heterocycles. The van der Waals surface area contributed by atoms with E-state index in [1.807, 2.05) is 6.07 Å². The van der Waals surface area contributed by atoms with Gasteiger partial charge in [-0.3, -0.25) is 0 Å². The SMILES string of the molecule is C=COCOCc1ccc(C#Cc2c(CC)cc(C#Cc3ccc(CCC4CCC(COC(=O)C=C)CC4)cc3)cc2CC)cc1F. The van der Waals surface area contributed by atoms with Gasteiger partial charge in [0.25, 0.3) is 0 Å². The molecule has 0 unspecified atom stereocenters. The molecule has 0 bridgehead atoms. The van der Waals surface area contributed by atoms with Crippen LogP contribution in [0.2, 0.25) is 0 Å². The molecule has 1 aliphatic rings. The fourth-order valence-corrected chi connectivity index (χ4v) is 5.90. The lowest BCUT2D eigenvalue weighted by atomic mass is 9.80. The van der Waals surface area contributed by atoms with E-state index in [1.54, 1.807) is 6.07 Å². The number of halogens is 1. The molecule has 244 valence electrons. The van der Waals surface area contributed by atoms with Crippen LogP contribution in [-0.4, -0.2) is 19.4 Å². The van der Waals surface area contributed by atoms with Gasteiger partial charge >= 0.3 is 5.97 Å². The van der Waals surface area contributed by atoms with Crippen molar-refractivity contribution < 1.29 is 23.4 Å². The van der Waals surface area contributed by atoms with E-state index in [2.05, 4.69) is 87.1 Å². The topological polar surface area (TPSA) is 44.8 Å². The van der Waals surface area contributed by atoms with Gasteiger partial charge in [-0.25, -0.2) is 9.18 Å². The van der Waals surface area contributed by atoms with Crippen LogP contribution in [-0.2, 0) is 44.9 Å². The molecule has 0 spiro atoms. The van der Waals surface area contributed by atoms with E-state index in [9.17, 15) is 9.18 Å². The van der Waals surface area contributed by atoms with Crippen LogP contribution in [0.5, 0.6) is 0 Å². The van der Waals surface area contributed by atoms with Crippen LogP contribution in [0.15, 0.2) is 80.1 Å².